The zero-order valence-electron chi connectivity index (χ0n) is 15.5. The molecule has 0 bridgehead atoms. The monoisotopic (exact) mass is 396 g/mol. The van der Waals surface area contributed by atoms with E-state index in [2.05, 4.69) is 10.2 Å². The average molecular weight is 396 g/mol. The molecule has 0 spiro atoms. The summed E-state index contributed by atoms with van der Waals surface area (Å²) >= 11 is 1.05. The molecular weight excluding hydrogens is 376 g/mol. The number of carbonyl (C=O) groups is 2. The fourth-order valence-electron chi connectivity index (χ4n) is 2.73. The molecule has 0 aliphatic carbocycles. The Morgan fingerprint density at radius 1 is 1.11 bits per heavy atom. The molecule has 2 aromatic rings. The Labute approximate surface area is 167 Å². The Hall–Kier alpha value is -3.13. The zero-order chi connectivity index (χ0) is 20.1. The topological polar surface area (TPSA) is 97.3 Å². The summed E-state index contributed by atoms with van der Waals surface area (Å²) in [7, 11) is 1.60. The minimum absolute atomic E-state index is 0.0792. The van der Waals surface area contributed by atoms with Gasteiger partial charge in [0.2, 0.25) is 11.8 Å². The third-order valence-electron chi connectivity index (χ3n) is 4.19. The van der Waals surface area contributed by atoms with Crippen LogP contribution in [0.4, 0.5) is 5.69 Å². The third kappa shape index (κ3) is 4.40. The fraction of sp³-hybridized carbons (Fsp3) is 0.200. The van der Waals surface area contributed by atoms with Gasteiger partial charge in [0.25, 0.3) is 0 Å². The number of nitrogens with two attached hydrogens (primary N) is 1. The van der Waals surface area contributed by atoms with Crippen LogP contribution in [0.5, 0.6) is 5.75 Å². The minimum atomic E-state index is -0.604. The number of imide groups is 1. The summed E-state index contributed by atoms with van der Waals surface area (Å²) < 4.78 is 5.13. The molecule has 0 radical (unpaired) electrons. The highest BCUT2D eigenvalue weighted by Gasteiger charge is 2.40. The van der Waals surface area contributed by atoms with Crippen molar-refractivity contribution in [2.45, 2.75) is 18.6 Å². The molecular formula is C20H20N4O3S. The summed E-state index contributed by atoms with van der Waals surface area (Å²) in [6, 6.07) is 16.2. The van der Waals surface area contributed by atoms with Crippen molar-refractivity contribution >= 4 is 40.1 Å². The molecule has 28 heavy (non-hydrogen) atoms. The highest BCUT2D eigenvalue weighted by Crippen LogP contribution is 2.29. The first-order chi connectivity index (χ1) is 13.5. The van der Waals surface area contributed by atoms with Crippen molar-refractivity contribution in [3.8, 4) is 5.75 Å². The maximum absolute atomic E-state index is 12.6. The van der Waals surface area contributed by atoms with Gasteiger partial charge in [-0.25, -0.2) is 4.90 Å². The van der Waals surface area contributed by atoms with Gasteiger partial charge in [0.15, 0.2) is 5.17 Å². The standard InChI is InChI=1S/C20H20N4O3S/c1-13(14-8-10-16(27-2)11-9-14)22-23-20(21)28-17-12-18(25)24(19(17)26)15-6-4-3-5-7-15/h3-11,17H,12H2,1-2H3,(H2,21,23)/b22-13-/t17-/m0/s1. The summed E-state index contributed by atoms with van der Waals surface area (Å²) in [5.41, 5.74) is 8.03. The number of amides is 2. The van der Waals surface area contributed by atoms with E-state index in [0.29, 0.717) is 11.4 Å². The number of hydrogen-bond donors (Lipinski definition) is 1. The smallest absolute Gasteiger partial charge is 0.247 e. The molecule has 1 fully saturated rings. The van der Waals surface area contributed by atoms with E-state index in [9.17, 15) is 9.59 Å². The first-order valence-corrected chi connectivity index (χ1v) is 9.48. The van der Waals surface area contributed by atoms with Crippen molar-refractivity contribution in [2.24, 2.45) is 15.9 Å². The summed E-state index contributed by atoms with van der Waals surface area (Å²) in [6.45, 7) is 1.81. The van der Waals surface area contributed by atoms with Gasteiger partial charge in [-0.05, 0) is 48.9 Å². The van der Waals surface area contributed by atoms with Crippen LogP contribution in [0.3, 0.4) is 0 Å². The number of ether oxygens (including phenoxy) is 1. The first-order valence-electron chi connectivity index (χ1n) is 8.60. The quantitative estimate of drug-likeness (QED) is 0.363. The number of thioether (sulfide) groups is 1. The van der Waals surface area contributed by atoms with E-state index in [1.807, 2.05) is 37.3 Å². The lowest BCUT2D eigenvalue weighted by atomic mass is 10.1. The lowest BCUT2D eigenvalue weighted by Gasteiger charge is -2.14. The Balaban J connectivity index is 1.67. The Bertz CT molecular complexity index is 926. The van der Waals surface area contributed by atoms with Gasteiger partial charge in [-0.15, -0.1) is 5.10 Å². The predicted molar refractivity (Wildman–Crippen MR) is 112 cm³/mol. The molecule has 144 valence electrons. The third-order valence-corrected chi connectivity index (χ3v) is 5.16. The predicted octanol–water partition coefficient (Wildman–Crippen LogP) is 2.80. The molecule has 1 heterocycles. The van der Waals surface area contributed by atoms with Gasteiger partial charge < -0.3 is 10.5 Å². The maximum Gasteiger partial charge on any atom is 0.247 e. The lowest BCUT2D eigenvalue weighted by molar-refractivity contribution is -0.121. The molecule has 0 unspecified atom stereocenters. The van der Waals surface area contributed by atoms with Crippen LogP contribution in [0, 0.1) is 0 Å². The second-order valence-electron chi connectivity index (χ2n) is 6.07. The first kappa shape index (κ1) is 19.6. The van der Waals surface area contributed by atoms with Crippen LogP contribution in [0.2, 0.25) is 0 Å². The molecule has 1 saturated heterocycles. The summed E-state index contributed by atoms with van der Waals surface area (Å²) in [6.07, 6.45) is 0.0792. The molecule has 1 aliphatic rings. The largest absolute Gasteiger partial charge is 0.497 e. The van der Waals surface area contributed by atoms with Crippen molar-refractivity contribution in [2.75, 3.05) is 12.0 Å². The molecule has 1 atom stereocenters. The van der Waals surface area contributed by atoms with E-state index in [-0.39, 0.29) is 23.4 Å². The van der Waals surface area contributed by atoms with Crippen LogP contribution in [0.1, 0.15) is 18.9 Å². The highest BCUT2D eigenvalue weighted by atomic mass is 32.2. The average Bonchev–Trinajstić information content (AvgIpc) is 2.99. The van der Waals surface area contributed by atoms with Crippen molar-refractivity contribution in [3.05, 3.63) is 60.2 Å². The van der Waals surface area contributed by atoms with Crippen LogP contribution in [-0.4, -0.2) is 35.1 Å². The number of amidine groups is 1. The number of carbonyl (C=O) groups excluding carboxylic acids is 2. The normalized spacial score (nSPS) is 17.9. The van der Waals surface area contributed by atoms with Crippen LogP contribution >= 0.6 is 11.8 Å². The summed E-state index contributed by atoms with van der Waals surface area (Å²) in [5, 5.41) is 7.65. The molecule has 0 saturated carbocycles. The van der Waals surface area contributed by atoms with E-state index >= 15 is 0 Å². The van der Waals surface area contributed by atoms with Crippen molar-refractivity contribution in [1.82, 2.24) is 0 Å². The minimum Gasteiger partial charge on any atom is -0.497 e. The number of rotatable bonds is 5. The van der Waals surface area contributed by atoms with Crippen LogP contribution in [0.15, 0.2) is 64.8 Å². The van der Waals surface area contributed by atoms with E-state index < -0.39 is 5.25 Å². The second kappa shape index (κ2) is 8.71. The molecule has 1 aliphatic heterocycles. The van der Waals surface area contributed by atoms with E-state index in [4.69, 9.17) is 10.5 Å². The van der Waals surface area contributed by atoms with Crippen molar-refractivity contribution in [1.29, 1.82) is 0 Å². The van der Waals surface area contributed by atoms with Crippen molar-refractivity contribution in [3.63, 3.8) is 0 Å². The number of para-hydroxylation sites is 1. The van der Waals surface area contributed by atoms with E-state index in [1.165, 1.54) is 4.90 Å². The number of benzene rings is 2. The van der Waals surface area contributed by atoms with Crippen LogP contribution in [-0.2, 0) is 9.59 Å². The Morgan fingerprint density at radius 3 is 2.43 bits per heavy atom. The second-order valence-corrected chi connectivity index (χ2v) is 7.29. The Kier molecular flexibility index (Phi) is 6.10. The van der Waals surface area contributed by atoms with Gasteiger partial charge >= 0.3 is 0 Å². The molecule has 0 aromatic heterocycles. The van der Waals surface area contributed by atoms with Crippen LogP contribution < -0.4 is 15.4 Å². The lowest BCUT2D eigenvalue weighted by Crippen LogP contribution is -2.31. The molecule has 8 heteroatoms. The summed E-state index contributed by atoms with van der Waals surface area (Å²) in [5.74, 6) is 0.206. The molecule has 2 aromatic carbocycles. The SMILES string of the molecule is COc1ccc(/C(C)=N\N=C(N)S[C@H]2CC(=O)N(c3ccccc3)C2=O)cc1. The van der Waals surface area contributed by atoms with Gasteiger partial charge in [-0.2, -0.15) is 5.10 Å². The fourth-order valence-corrected chi connectivity index (χ4v) is 3.54. The highest BCUT2D eigenvalue weighted by molar-refractivity contribution is 8.14. The van der Waals surface area contributed by atoms with E-state index in [1.54, 1.807) is 31.4 Å². The van der Waals surface area contributed by atoms with Crippen LogP contribution in [0.25, 0.3) is 0 Å². The number of nitrogens with zero attached hydrogens (tertiary/aromatic N) is 3. The number of methoxy groups -OCH3 is 1. The number of anilines is 1. The van der Waals surface area contributed by atoms with Gasteiger partial charge in [0.05, 0.1) is 18.5 Å². The Morgan fingerprint density at radius 2 is 1.79 bits per heavy atom. The van der Waals surface area contributed by atoms with E-state index in [0.717, 1.165) is 23.1 Å². The van der Waals surface area contributed by atoms with Gasteiger partial charge in [0, 0.05) is 6.42 Å². The molecule has 7 nitrogen and oxygen atoms in total. The van der Waals surface area contributed by atoms with Crippen molar-refractivity contribution < 1.29 is 14.3 Å². The number of hydrogen-bond acceptors (Lipinski definition) is 6. The molecule has 2 amide bonds. The van der Waals surface area contributed by atoms with Gasteiger partial charge in [-0.1, -0.05) is 30.0 Å². The summed E-state index contributed by atoms with van der Waals surface area (Å²) in [4.78, 5) is 26.0. The van der Waals surface area contributed by atoms with Gasteiger partial charge in [-0.3, -0.25) is 9.59 Å². The van der Waals surface area contributed by atoms with Gasteiger partial charge in [0.1, 0.15) is 11.0 Å². The molecule has 3 rings (SSSR count). The maximum atomic E-state index is 12.6. The molecule has 2 N–H and O–H groups in total. The zero-order valence-corrected chi connectivity index (χ0v) is 16.3.